The molecule has 1 aliphatic heterocycles. The Morgan fingerprint density at radius 1 is 0.853 bits per heavy atom. The maximum atomic E-state index is 13.9. The maximum absolute atomic E-state index is 13.9. The van der Waals surface area contributed by atoms with Crippen molar-refractivity contribution in [3.05, 3.63) is 101 Å². The topological polar surface area (TPSA) is 83.6 Å². The van der Waals surface area contributed by atoms with Crippen LogP contribution in [0, 0.1) is 5.92 Å². The minimum absolute atomic E-state index is 0.0330. The van der Waals surface area contributed by atoms with Crippen LogP contribution >= 0.6 is 0 Å². The molecule has 0 saturated carbocycles. The van der Waals surface area contributed by atoms with Crippen LogP contribution in [0.3, 0.4) is 0 Å². The number of carbonyl (C=O) groups excluding carboxylic acids is 2. The lowest BCUT2D eigenvalue weighted by atomic mass is 9.90. The Hall–Kier alpha value is -3.45. The van der Waals surface area contributed by atoms with Crippen molar-refractivity contribution < 1.29 is 18.0 Å². The number of fused-ring (bicyclic) bond motifs is 1. The third-order valence-electron chi connectivity index (χ3n) is 6.79. The monoisotopic (exact) mass is 474 g/mol. The zero-order valence-electron chi connectivity index (χ0n) is 18.8. The first kappa shape index (κ1) is 22.3. The van der Waals surface area contributed by atoms with Crippen LogP contribution in [-0.2, 0) is 38.8 Å². The van der Waals surface area contributed by atoms with Crippen molar-refractivity contribution in [1.29, 1.82) is 0 Å². The molecular formula is C27H26N2O4S. The lowest BCUT2D eigenvalue weighted by Crippen LogP contribution is -2.61. The molecule has 2 amide bonds. The van der Waals surface area contributed by atoms with Gasteiger partial charge in [0.05, 0.1) is 4.90 Å². The quantitative estimate of drug-likeness (QED) is 0.616. The van der Waals surface area contributed by atoms with Crippen LogP contribution < -0.4 is 5.32 Å². The van der Waals surface area contributed by atoms with Gasteiger partial charge in [-0.1, -0.05) is 72.8 Å². The Labute approximate surface area is 199 Å². The van der Waals surface area contributed by atoms with E-state index in [9.17, 15) is 18.0 Å². The van der Waals surface area contributed by atoms with Gasteiger partial charge in [-0.2, -0.15) is 0 Å². The van der Waals surface area contributed by atoms with Crippen molar-refractivity contribution in [2.24, 2.45) is 5.92 Å². The van der Waals surface area contributed by atoms with Gasteiger partial charge < -0.3 is 10.2 Å². The number of amides is 2. The van der Waals surface area contributed by atoms with E-state index in [0.717, 1.165) is 19.1 Å². The highest BCUT2D eigenvalue weighted by molar-refractivity contribution is 7.90. The molecule has 1 fully saturated rings. The van der Waals surface area contributed by atoms with Crippen LogP contribution in [0.25, 0.3) is 0 Å². The fourth-order valence-corrected chi connectivity index (χ4v) is 6.14. The predicted molar refractivity (Wildman–Crippen MR) is 129 cm³/mol. The highest BCUT2D eigenvalue weighted by Crippen LogP contribution is 2.35. The molecule has 1 heterocycles. The highest BCUT2D eigenvalue weighted by Gasteiger charge is 2.45. The Kier molecular flexibility index (Phi) is 5.73. The minimum Gasteiger partial charge on any atom is -0.342 e. The number of hydrogen-bond donors (Lipinski definition) is 1. The lowest BCUT2D eigenvalue weighted by molar-refractivity contribution is -0.152. The number of nitrogens with one attached hydrogen (secondary N) is 1. The summed E-state index contributed by atoms with van der Waals surface area (Å²) >= 11 is 0. The summed E-state index contributed by atoms with van der Waals surface area (Å²) in [4.78, 5) is 29.1. The molecule has 5 rings (SSSR count). The van der Waals surface area contributed by atoms with Gasteiger partial charge in [0.25, 0.3) is 0 Å². The molecule has 3 aromatic carbocycles. The fourth-order valence-electron chi connectivity index (χ4n) is 5.20. The van der Waals surface area contributed by atoms with E-state index in [0.29, 0.717) is 11.1 Å². The average Bonchev–Trinajstić information content (AvgIpc) is 3.25. The first-order valence-electron chi connectivity index (χ1n) is 11.3. The van der Waals surface area contributed by atoms with Gasteiger partial charge in [-0.15, -0.1) is 0 Å². The van der Waals surface area contributed by atoms with Crippen molar-refractivity contribution in [3.63, 3.8) is 0 Å². The Balaban J connectivity index is 1.53. The highest BCUT2D eigenvalue weighted by atomic mass is 32.2. The summed E-state index contributed by atoms with van der Waals surface area (Å²) in [6, 6.07) is 22.4. The summed E-state index contributed by atoms with van der Waals surface area (Å²) in [5.74, 6) is -0.476. The van der Waals surface area contributed by atoms with Gasteiger partial charge in [0.1, 0.15) is 12.1 Å². The number of carbonyl (C=O) groups is 2. The molecular weight excluding hydrogens is 448 g/mol. The number of rotatable bonds is 5. The van der Waals surface area contributed by atoms with Crippen LogP contribution in [0.15, 0.2) is 83.8 Å². The van der Waals surface area contributed by atoms with E-state index in [-0.39, 0.29) is 29.2 Å². The zero-order chi connectivity index (χ0) is 23.9. The molecule has 0 aromatic heterocycles. The van der Waals surface area contributed by atoms with Gasteiger partial charge in [0.2, 0.25) is 11.8 Å². The smallest absolute Gasteiger partial charge is 0.248 e. The van der Waals surface area contributed by atoms with Crippen LogP contribution in [0.4, 0.5) is 0 Å². The number of piperazine rings is 1. The molecule has 2 atom stereocenters. The Morgan fingerprint density at radius 3 is 2.09 bits per heavy atom. The van der Waals surface area contributed by atoms with Gasteiger partial charge in [-0.25, -0.2) is 8.42 Å². The zero-order valence-corrected chi connectivity index (χ0v) is 19.7. The van der Waals surface area contributed by atoms with E-state index < -0.39 is 21.9 Å². The van der Waals surface area contributed by atoms with Crippen molar-refractivity contribution in [2.45, 2.75) is 36.4 Å². The van der Waals surface area contributed by atoms with Gasteiger partial charge in [-0.3, -0.25) is 9.59 Å². The molecule has 174 valence electrons. The molecule has 3 aromatic rings. The molecule has 1 aliphatic carbocycles. The molecule has 1 N–H and O–H groups in total. The van der Waals surface area contributed by atoms with Crippen molar-refractivity contribution in [1.82, 2.24) is 10.2 Å². The second-order valence-electron chi connectivity index (χ2n) is 9.08. The fraction of sp³-hybridized carbons (Fsp3) is 0.259. The number of benzene rings is 3. The molecule has 0 radical (unpaired) electrons. The summed E-state index contributed by atoms with van der Waals surface area (Å²) in [5.41, 5.74) is 3.60. The molecule has 2 aliphatic rings. The summed E-state index contributed by atoms with van der Waals surface area (Å²) in [6.45, 7) is 0.0330. The van der Waals surface area contributed by atoms with Gasteiger partial charge in [0.15, 0.2) is 9.84 Å². The predicted octanol–water partition coefficient (Wildman–Crippen LogP) is 3.07. The van der Waals surface area contributed by atoms with Crippen LogP contribution in [-0.4, -0.2) is 37.4 Å². The SMILES string of the molecule is CS(=O)(=O)c1ccccc1CN1C(=O)[C@@H](C2Cc3ccccc3C2)NC(=O)[C@H]1c1ccccc1. The molecule has 1 saturated heterocycles. The molecule has 6 nitrogen and oxygen atoms in total. The first-order chi connectivity index (χ1) is 16.3. The second kappa shape index (κ2) is 8.72. The van der Waals surface area contributed by atoms with Gasteiger partial charge in [-0.05, 0) is 47.1 Å². The molecule has 0 bridgehead atoms. The van der Waals surface area contributed by atoms with Crippen LogP contribution in [0.1, 0.15) is 28.3 Å². The normalized spacial score (nSPS) is 20.8. The second-order valence-corrected chi connectivity index (χ2v) is 11.1. The van der Waals surface area contributed by atoms with E-state index in [4.69, 9.17) is 0 Å². The van der Waals surface area contributed by atoms with Gasteiger partial charge in [0, 0.05) is 12.8 Å². The third-order valence-corrected chi connectivity index (χ3v) is 7.99. The van der Waals surface area contributed by atoms with Crippen molar-refractivity contribution >= 4 is 21.7 Å². The molecule has 0 unspecified atom stereocenters. The first-order valence-corrected chi connectivity index (χ1v) is 13.2. The number of sulfone groups is 1. The van der Waals surface area contributed by atoms with Crippen LogP contribution in [0.5, 0.6) is 0 Å². The summed E-state index contributed by atoms with van der Waals surface area (Å²) < 4.78 is 24.8. The summed E-state index contributed by atoms with van der Waals surface area (Å²) in [7, 11) is -3.50. The number of hydrogen-bond acceptors (Lipinski definition) is 4. The molecule has 34 heavy (non-hydrogen) atoms. The Morgan fingerprint density at radius 2 is 1.44 bits per heavy atom. The largest absolute Gasteiger partial charge is 0.342 e. The standard InChI is InChI=1S/C27H26N2O4S/c1-34(32,33)23-14-8-7-13-21(23)17-29-25(18-9-3-2-4-10-18)26(30)28-24(27(29)31)22-15-19-11-5-6-12-20(19)16-22/h2-14,22,24-25H,15-17H2,1H3,(H,28,30)/t24-,25-/m1/s1. The third kappa shape index (κ3) is 4.12. The summed E-state index contributed by atoms with van der Waals surface area (Å²) in [6.07, 6.45) is 2.59. The van der Waals surface area contributed by atoms with Crippen molar-refractivity contribution in [2.75, 3.05) is 6.26 Å². The average molecular weight is 475 g/mol. The molecule has 7 heteroatoms. The Bertz CT molecular complexity index is 1330. The number of nitrogens with zero attached hydrogens (tertiary/aromatic N) is 1. The van der Waals surface area contributed by atoms with E-state index in [1.165, 1.54) is 11.1 Å². The van der Waals surface area contributed by atoms with Gasteiger partial charge >= 0.3 is 0 Å². The maximum Gasteiger partial charge on any atom is 0.248 e. The van der Waals surface area contributed by atoms with E-state index in [1.54, 1.807) is 29.2 Å². The summed E-state index contributed by atoms with van der Waals surface area (Å²) in [5, 5.41) is 3.00. The van der Waals surface area contributed by atoms with E-state index in [2.05, 4.69) is 17.4 Å². The van der Waals surface area contributed by atoms with Crippen molar-refractivity contribution in [3.8, 4) is 0 Å². The minimum atomic E-state index is -3.50. The van der Waals surface area contributed by atoms with Crippen LogP contribution in [0.2, 0.25) is 0 Å². The van der Waals surface area contributed by atoms with E-state index >= 15 is 0 Å². The molecule has 0 spiro atoms. The lowest BCUT2D eigenvalue weighted by Gasteiger charge is -2.41. The van der Waals surface area contributed by atoms with E-state index in [1.807, 2.05) is 42.5 Å².